The topological polar surface area (TPSA) is 78.4 Å². The molecule has 2 aromatic rings. The first-order valence-corrected chi connectivity index (χ1v) is 11.5. The third-order valence-corrected chi connectivity index (χ3v) is 6.45. The van der Waals surface area contributed by atoms with Gasteiger partial charge in [0.1, 0.15) is 5.70 Å². The average Bonchev–Trinajstić information content (AvgIpc) is 3.22. The molecular formula is C25H32N4O3. The molecule has 32 heavy (non-hydrogen) atoms. The molecule has 2 amide bonds. The van der Waals surface area contributed by atoms with E-state index in [0.717, 1.165) is 49.2 Å². The number of hydrogen-bond donors (Lipinski definition) is 1. The van der Waals surface area contributed by atoms with Crippen molar-refractivity contribution >= 4 is 17.4 Å². The summed E-state index contributed by atoms with van der Waals surface area (Å²) in [6.07, 6.45) is 3.60. The molecule has 1 N–H and O–H groups in total. The van der Waals surface area contributed by atoms with Crippen molar-refractivity contribution in [2.45, 2.75) is 66.3 Å². The van der Waals surface area contributed by atoms with Crippen LogP contribution in [0.4, 0.5) is 0 Å². The summed E-state index contributed by atoms with van der Waals surface area (Å²) >= 11 is 0. The van der Waals surface area contributed by atoms with Crippen LogP contribution >= 0.6 is 0 Å². The fourth-order valence-corrected chi connectivity index (χ4v) is 4.77. The Morgan fingerprint density at radius 2 is 1.69 bits per heavy atom. The molecule has 7 heteroatoms. The van der Waals surface area contributed by atoms with E-state index in [4.69, 9.17) is 0 Å². The van der Waals surface area contributed by atoms with Gasteiger partial charge in [-0.3, -0.25) is 24.4 Å². The van der Waals surface area contributed by atoms with Crippen LogP contribution < -0.4 is 5.56 Å². The predicted molar refractivity (Wildman–Crippen MR) is 125 cm³/mol. The summed E-state index contributed by atoms with van der Waals surface area (Å²) < 4.78 is 1.52. The minimum atomic E-state index is -0.371. The van der Waals surface area contributed by atoms with Crippen LogP contribution in [0.25, 0.3) is 11.3 Å². The van der Waals surface area contributed by atoms with E-state index in [1.54, 1.807) is 0 Å². The maximum Gasteiger partial charge on any atom is 0.279 e. The number of rotatable bonds is 5. The second-order valence-electron chi connectivity index (χ2n) is 9.09. The predicted octanol–water partition coefficient (Wildman–Crippen LogP) is 3.32. The molecule has 0 radical (unpaired) electrons. The van der Waals surface area contributed by atoms with E-state index in [-0.39, 0.29) is 29.0 Å². The van der Waals surface area contributed by atoms with Crippen LogP contribution in [0.2, 0.25) is 0 Å². The zero-order valence-electron chi connectivity index (χ0n) is 19.6. The Morgan fingerprint density at radius 1 is 1.00 bits per heavy atom. The van der Waals surface area contributed by atoms with Gasteiger partial charge in [0.25, 0.3) is 17.4 Å². The number of imide groups is 1. The molecule has 0 bridgehead atoms. The van der Waals surface area contributed by atoms with Crippen LogP contribution in [0.3, 0.4) is 0 Å². The largest absolute Gasteiger partial charge is 0.366 e. The first-order valence-electron chi connectivity index (χ1n) is 11.5. The number of nitrogens with one attached hydrogen (secondary N) is 1. The van der Waals surface area contributed by atoms with Gasteiger partial charge in [-0.2, -0.15) is 0 Å². The number of benzene rings is 1. The molecule has 1 aromatic heterocycles. The molecule has 0 saturated carbocycles. The van der Waals surface area contributed by atoms with Crippen molar-refractivity contribution in [3.8, 4) is 5.69 Å². The molecule has 0 unspecified atom stereocenters. The van der Waals surface area contributed by atoms with E-state index in [1.165, 1.54) is 9.58 Å². The lowest BCUT2D eigenvalue weighted by Gasteiger charge is -2.30. The van der Waals surface area contributed by atoms with Gasteiger partial charge in [0, 0.05) is 24.8 Å². The molecule has 1 saturated heterocycles. The number of amides is 2. The van der Waals surface area contributed by atoms with Crippen LogP contribution in [-0.4, -0.2) is 50.5 Å². The van der Waals surface area contributed by atoms with Gasteiger partial charge >= 0.3 is 0 Å². The van der Waals surface area contributed by atoms with Crippen LogP contribution in [0.5, 0.6) is 0 Å². The molecule has 0 atom stereocenters. The summed E-state index contributed by atoms with van der Waals surface area (Å²) in [7, 11) is 0. The van der Waals surface area contributed by atoms with E-state index >= 15 is 0 Å². The van der Waals surface area contributed by atoms with Gasteiger partial charge in [0.2, 0.25) is 0 Å². The molecule has 7 nitrogen and oxygen atoms in total. The zero-order valence-corrected chi connectivity index (χ0v) is 19.6. The van der Waals surface area contributed by atoms with Crippen LogP contribution in [0.1, 0.15) is 62.4 Å². The van der Waals surface area contributed by atoms with Gasteiger partial charge < -0.3 is 4.90 Å². The third-order valence-electron chi connectivity index (χ3n) is 6.45. The van der Waals surface area contributed by atoms with Crippen molar-refractivity contribution < 1.29 is 9.59 Å². The summed E-state index contributed by atoms with van der Waals surface area (Å²) in [6, 6.07) is 5.66. The zero-order chi connectivity index (χ0) is 23.2. The van der Waals surface area contributed by atoms with Gasteiger partial charge in [0.05, 0.1) is 16.8 Å². The SMILES string of the molecule is CCc1[nH]n(-c2cc(C)ccc2C)c(=O)c1C1=C(N2CCCCC2)C(=O)N(C(C)C)C1=O. The smallest absolute Gasteiger partial charge is 0.279 e. The maximum atomic E-state index is 13.8. The second-order valence-corrected chi connectivity index (χ2v) is 9.09. The molecular weight excluding hydrogens is 404 g/mol. The number of piperidine rings is 1. The number of carbonyl (C=O) groups excluding carboxylic acids is 2. The average molecular weight is 437 g/mol. The van der Waals surface area contributed by atoms with E-state index < -0.39 is 0 Å². The molecule has 3 heterocycles. The minimum Gasteiger partial charge on any atom is -0.366 e. The van der Waals surface area contributed by atoms with E-state index in [2.05, 4.69) is 5.10 Å². The molecule has 0 aliphatic carbocycles. The number of aromatic nitrogens is 2. The normalized spacial score (nSPS) is 17.3. The molecule has 1 fully saturated rings. The molecule has 2 aliphatic heterocycles. The highest BCUT2D eigenvalue weighted by atomic mass is 16.2. The Kier molecular flexibility index (Phi) is 5.84. The van der Waals surface area contributed by atoms with Crippen LogP contribution in [0, 0.1) is 13.8 Å². The summed E-state index contributed by atoms with van der Waals surface area (Å²) in [6.45, 7) is 11.0. The van der Waals surface area contributed by atoms with Crippen LogP contribution in [-0.2, 0) is 16.0 Å². The van der Waals surface area contributed by atoms with Gasteiger partial charge in [0.15, 0.2) is 0 Å². The first kappa shape index (κ1) is 22.1. The molecule has 0 spiro atoms. The molecule has 170 valence electrons. The van der Waals surface area contributed by atoms with Crippen molar-refractivity contribution in [3.63, 3.8) is 0 Å². The molecule has 2 aliphatic rings. The monoisotopic (exact) mass is 436 g/mol. The van der Waals surface area contributed by atoms with Gasteiger partial charge in [-0.15, -0.1) is 0 Å². The number of aryl methyl sites for hydroxylation is 3. The number of aromatic amines is 1. The Balaban J connectivity index is 1.97. The Hall–Kier alpha value is -3.09. The Labute approximate surface area is 188 Å². The maximum absolute atomic E-state index is 13.8. The van der Waals surface area contributed by atoms with Crippen molar-refractivity contribution in [2.24, 2.45) is 0 Å². The number of likely N-dealkylation sites (tertiary alicyclic amines) is 1. The minimum absolute atomic E-state index is 0.257. The van der Waals surface area contributed by atoms with Crippen molar-refractivity contribution in [2.75, 3.05) is 13.1 Å². The number of nitrogens with zero attached hydrogens (tertiary/aromatic N) is 3. The second kappa shape index (κ2) is 8.45. The van der Waals surface area contributed by atoms with E-state index in [1.807, 2.05) is 57.7 Å². The number of carbonyl (C=O) groups is 2. The highest BCUT2D eigenvalue weighted by Gasteiger charge is 2.45. The molecule has 4 rings (SSSR count). The fourth-order valence-electron chi connectivity index (χ4n) is 4.77. The van der Waals surface area contributed by atoms with Gasteiger partial charge in [-0.05, 0) is 70.6 Å². The lowest BCUT2D eigenvalue weighted by molar-refractivity contribution is -0.139. The van der Waals surface area contributed by atoms with Crippen LogP contribution in [0.15, 0.2) is 28.7 Å². The van der Waals surface area contributed by atoms with Gasteiger partial charge in [-0.1, -0.05) is 19.1 Å². The quantitative estimate of drug-likeness (QED) is 0.730. The van der Waals surface area contributed by atoms with Gasteiger partial charge in [-0.25, -0.2) is 4.68 Å². The number of H-pyrrole nitrogens is 1. The van der Waals surface area contributed by atoms with Crippen molar-refractivity contribution in [1.82, 2.24) is 19.6 Å². The standard InChI is InChI=1S/C25H32N4O3/c1-6-18-20(24(31)29(26-18)19-14-16(4)10-11-17(19)5)21-22(27-12-8-7-9-13-27)25(32)28(15(2)3)23(21)30/h10-11,14-15,26H,6-9,12-13H2,1-5H3. The number of hydrogen-bond acceptors (Lipinski definition) is 4. The lowest BCUT2D eigenvalue weighted by atomic mass is 10.0. The summed E-state index contributed by atoms with van der Waals surface area (Å²) in [5.74, 6) is -0.660. The summed E-state index contributed by atoms with van der Waals surface area (Å²) in [5.41, 5.74) is 4.12. The Bertz CT molecular complexity index is 1160. The highest BCUT2D eigenvalue weighted by molar-refractivity contribution is 6.35. The van der Waals surface area contributed by atoms with E-state index in [9.17, 15) is 14.4 Å². The lowest BCUT2D eigenvalue weighted by Crippen LogP contribution is -2.40. The third kappa shape index (κ3) is 3.49. The summed E-state index contributed by atoms with van der Waals surface area (Å²) in [4.78, 5) is 44.0. The van der Waals surface area contributed by atoms with Crippen molar-refractivity contribution in [1.29, 1.82) is 0 Å². The highest BCUT2D eigenvalue weighted by Crippen LogP contribution is 2.34. The summed E-state index contributed by atoms with van der Waals surface area (Å²) in [5, 5.41) is 3.23. The Morgan fingerprint density at radius 3 is 2.31 bits per heavy atom. The van der Waals surface area contributed by atoms with E-state index in [0.29, 0.717) is 23.4 Å². The first-order chi connectivity index (χ1) is 15.3. The molecule has 1 aromatic carbocycles. The fraction of sp³-hybridized carbons (Fsp3) is 0.480. The van der Waals surface area contributed by atoms with Crippen molar-refractivity contribution in [3.05, 3.63) is 56.6 Å².